The summed E-state index contributed by atoms with van der Waals surface area (Å²) in [5.41, 5.74) is 0.577. The lowest BCUT2D eigenvalue weighted by Gasteiger charge is -2.22. The zero-order chi connectivity index (χ0) is 13.5. The summed E-state index contributed by atoms with van der Waals surface area (Å²) in [6.07, 6.45) is 2.19. The van der Waals surface area contributed by atoms with E-state index in [9.17, 15) is 5.11 Å². The molecule has 0 saturated carbocycles. The highest BCUT2D eigenvalue weighted by molar-refractivity contribution is 9.10. The van der Waals surface area contributed by atoms with Gasteiger partial charge in [0.15, 0.2) is 0 Å². The van der Waals surface area contributed by atoms with Crippen molar-refractivity contribution in [1.82, 2.24) is 20.4 Å². The first-order valence-corrected chi connectivity index (χ1v) is 6.84. The first-order valence-electron chi connectivity index (χ1n) is 6.05. The number of nitrogens with one attached hydrogen (secondary N) is 1. The SMILES string of the molecule is Cc1nc(N2CC[C@](O)(c3cn[nH]n3)C2)ccc1Br. The van der Waals surface area contributed by atoms with Crippen molar-refractivity contribution in [2.24, 2.45) is 0 Å². The number of rotatable bonds is 2. The van der Waals surface area contributed by atoms with Crippen LogP contribution in [0.1, 0.15) is 17.8 Å². The van der Waals surface area contributed by atoms with Crippen LogP contribution in [0, 0.1) is 6.92 Å². The molecule has 1 aliphatic heterocycles. The minimum Gasteiger partial charge on any atom is -0.381 e. The largest absolute Gasteiger partial charge is 0.381 e. The zero-order valence-corrected chi connectivity index (χ0v) is 12.1. The topological polar surface area (TPSA) is 77.9 Å². The molecule has 3 rings (SSSR count). The third-order valence-electron chi connectivity index (χ3n) is 3.47. The lowest BCUT2D eigenvalue weighted by atomic mass is 10.0. The van der Waals surface area contributed by atoms with E-state index in [0.717, 1.165) is 22.5 Å². The number of H-pyrrole nitrogens is 1. The first-order chi connectivity index (χ1) is 9.08. The molecule has 0 bridgehead atoms. The number of pyridine rings is 1. The van der Waals surface area contributed by atoms with Gasteiger partial charge in [-0.3, -0.25) is 0 Å². The van der Waals surface area contributed by atoms with Crippen molar-refractivity contribution in [2.75, 3.05) is 18.0 Å². The van der Waals surface area contributed by atoms with Gasteiger partial charge < -0.3 is 10.0 Å². The van der Waals surface area contributed by atoms with Crippen molar-refractivity contribution < 1.29 is 5.11 Å². The molecule has 6 nitrogen and oxygen atoms in total. The number of aromatic nitrogens is 4. The summed E-state index contributed by atoms with van der Waals surface area (Å²) < 4.78 is 0.988. The van der Waals surface area contributed by atoms with E-state index in [0.29, 0.717) is 18.7 Å². The van der Waals surface area contributed by atoms with Crippen LogP contribution in [0.3, 0.4) is 0 Å². The second kappa shape index (κ2) is 4.57. The van der Waals surface area contributed by atoms with E-state index in [1.165, 1.54) is 0 Å². The second-order valence-corrected chi connectivity index (χ2v) is 5.65. The van der Waals surface area contributed by atoms with E-state index in [1.54, 1.807) is 6.20 Å². The van der Waals surface area contributed by atoms with Crippen molar-refractivity contribution in [2.45, 2.75) is 18.9 Å². The third-order valence-corrected chi connectivity index (χ3v) is 4.31. The molecular weight excluding hydrogens is 310 g/mol. The summed E-state index contributed by atoms with van der Waals surface area (Å²) >= 11 is 3.44. The van der Waals surface area contributed by atoms with Crippen LogP contribution in [-0.2, 0) is 5.60 Å². The third kappa shape index (κ3) is 2.23. The Morgan fingerprint density at radius 2 is 2.32 bits per heavy atom. The van der Waals surface area contributed by atoms with Gasteiger partial charge in [-0.05, 0) is 35.0 Å². The van der Waals surface area contributed by atoms with E-state index in [-0.39, 0.29) is 0 Å². The Hall–Kier alpha value is -1.47. The van der Waals surface area contributed by atoms with Gasteiger partial charge in [0.1, 0.15) is 17.1 Å². The fourth-order valence-electron chi connectivity index (χ4n) is 2.33. The number of halogens is 1. The van der Waals surface area contributed by atoms with Crippen LogP contribution in [0.15, 0.2) is 22.8 Å². The Bertz CT molecular complexity index is 588. The number of β-amino-alcohol motifs (C(OH)–C–C–N with tert-alkyl or cyclic N) is 1. The average molecular weight is 324 g/mol. The van der Waals surface area contributed by atoms with Crippen LogP contribution in [0.2, 0.25) is 0 Å². The number of hydrogen-bond donors (Lipinski definition) is 2. The van der Waals surface area contributed by atoms with Crippen LogP contribution in [0.4, 0.5) is 5.82 Å². The van der Waals surface area contributed by atoms with Crippen molar-refractivity contribution in [3.63, 3.8) is 0 Å². The molecule has 1 atom stereocenters. The molecule has 0 amide bonds. The van der Waals surface area contributed by atoms with Gasteiger partial charge in [-0.15, -0.1) is 0 Å². The zero-order valence-electron chi connectivity index (χ0n) is 10.5. The average Bonchev–Trinajstić information content (AvgIpc) is 3.02. The highest BCUT2D eigenvalue weighted by Gasteiger charge is 2.40. The smallest absolute Gasteiger partial charge is 0.129 e. The monoisotopic (exact) mass is 323 g/mol. The molecule has 2 aromatic rings. The first kappa shape index (κ1) is 12.6. The molecule has 0 aliphatic carbocycles. The van der Waals surface area contributed by atoms with E-state index in [1.807, 2.05) is 19.1 Å². The molecule has 7 heteroatoms. The summed E-state index contributed by atoms with van der Waals surface area (Å²) in [5, 5.41) is 20.9. The Kier molecular flexibility index (Phi) is 3.02. The van der Waals surface area contributed by atoms with E-state index in [4.69, 9.17) is 0 Å². The molecule has 2 aromatic heterocycles. The number of aryl methyl sites for hydroxylation is 1. The Morgan fingerprint density at radius 3 is 3.00 bits per heavy atom. The summed E-state index contributed by atoms with van der Waals surface area (Å²) in [4.78, 5) is 6.59. The maximum atomic E-state index is 10.6. The molecule has 1 aliphatic rings. The Balaban J connectivity index is 1.84. The van der Waals surface area contributed by atoms with Crippen LogP contribution in [-0.4, -0.2) is 38.6 Å². The van der Waals surface area contributed by atoms with Gasteiger partial charge in [0.2, 0.25) is 0 Å². The van der Waals surface area contributed by atoms with Gasteiger partial charge in [0.25, 0.3) is 0 Å². The quantitative estimate of drug-likeness (QED) is 0.872. The molecular formula is C12H14BrN5O. The molecule has 0 spiro atoms. The van der Waals surface area contributed by atoms with Crippen LogP contribution < -0.4 is 4.90 Å². The molecule has 0 radical (unpaired) electrons. The lowest BCUT2D eigenvalue weighted by Crippen LogP contribution is -2.31. The summed E-state index contributed by atoms with van der Waals surface area (Å²) in [5.74, 6) is 0.875. The normalized spacial score (nSPS) is 23.0. The maximum absolute atomic E-state index is 10.6. The molecule has 19 heavy (non-hydrogen) atoms. The minimum absolute atomic E-state index is 0.480. The summed E-state index contributed by atoms with van der Waals surface area (Å²) in [7, 11) is 0. The molecule has 100 valence electrons. The molecule has 1 saturated heterocycles. The number of anilines is 1. The Labute approximate surface area is 119 Å². The Morgan fingerprint density at radius 1 is 1.47 bits per heavy atom. The highest BCUT2D eigenvalue weighted by Crippen LogP contribution is 2.33. The number of aliphatic hydroxyl groups is 1. The van der Waals surface area contributed by atoms with Gasteiger partial charge >= 0.3 is 0 Å². The van der Waals surface area contributed by atoms with Gasteiger partial charge in [-0.25, -0.2) is 4.98 Å². The molecule has 2 N–H and O–H groups in total. The minimum atomic E-state index is -0.949. The summed E-state index contributed by atoms with van der Waals surface area (Å²) in [6.45, 7) is 3.18. The fourth-order valence-corrected chi connectivity index (χ4v) is 2.55. The standard InChI is InChI=1S/C12H14BrN5O/c1-8-9(13)2-3-11(15-8)18-5-4-12(19,7-18)10-6-14-17-16-10/h2-3,6,19H,4-5,7H2,1H3,(H,14,16,17)/t12-/m1/s1. The van der Waals surface area contributed by atoms with Gasteiger partial charge in [-0.1, -0.05) is 0 Å². The van der Waals surface area contributed by atoms with E-state index >= 15 is 0 Å². The molecule has 1 fully saturated rings. The van der Waals surface area contributed by atoms with E-state index in [2.05, 4.69) is 41.2 Å². The van der Waals surface area contributed by atoms with Crippen molar-refractivity contribution in [1.29, 1.82) is 0 Å². The number of hydrogen-bond acceptors (Lipinski definition) is 5. The highest BCUT2D eigenvalue weighted by atomic mass is 79.9. The van der Waals surface area contributed by atoms with Crippen LogP contribution in [0.5, 0.6) is 0 Å². The second-order valence-electron chi connectivity index (χ2n) is 4.80. The van der Waals surface area contributed by atoms with E-state index < -0.39 is 5.60 Å². The molecule has 0 aromatic carbocycles. The van der Waals surface area contributed by atoms with Crippen molar-refractivity contribution >= 4 is 21.7 Å². The van der Waals surface area contributed by atoms with Crippen molar-refractivity contribution in [3.8, 4) is 0 Å². The van der Waals surface area contributed by atoms with Gasteiger partial charge in [-0.2, -0.15) is 15.4 Å². The van der Waals surface area contributed by atoms with Crippen molar-refractivity contribution in [3.05, 3.63) is 34.2 Å². The summed E-state index contributed by atoms with van der Waals surface area (Å²) in [6, 6.07) is 3.93. The van der Waals surface area contributed by atoms with Gasteiger partial charge in [0.05, 0.1) is 18.4 Å². The lowest BCUT2D eigenvalue weighted by molar-refractivity contribution is 0.0559. The predicted molar refractivity (Wildman–Crippen MR) is 73.8 cm³/mol. The molecule has 3 heterocycles. The fraction of sp³-hybridized carbons (Fsp3) is 0.417. The maximum Gasteiger partial charge on any atom is 0.129 e. The van der Waals surface area contributed by atoms with Gasteiger partial charge in [0, 0.05) is 17.4 Å². The number of aromatic amines is 1. The number of nitrogens with zero attached hydrogens (tertiary/aromatic N) is 4. The van der Waals surface area contributed by atoms with Crippen LogP contribution >= 0.6 is 15.9 Å². The molecule has 0 unspecified atom stereocenters. The predicted octanol–water partition coefficient (Wildman–Crippen LogP) is 1.37. The van der Waals surface area contributed by atoms with Crippen LogP contribution in [0.25, 0.3) is 0 Å².